The normalized spacial score (nSPS) is 14.3. The first kappa shape index (κ1) is 24.5. The van der Waals surface area contributed by atoms with Crippen LogP contribution in [0.2, 0.25) is 0 Å². The third-order valence-electron chi connectivity index (χ3n) is 6.29. The standard InChI is InChI=1S/C28H27F2N3O2S/c29-23-18-24(30)26-25(19-23)36-28(31-26)33(12-4-11-32-13-15-35-16-14-32)27(34)22-9-7-21(8-10-22)17-20-5-2-1-3-6-20/h1-3,5-10,18-19H,4,11-17H2. The van der Waals surface area contributed by atoms with Gasteiger partial charge in [-0.1, -0.05) is 53.8 Å². The number of nitrogens with zero attached hydrogens (tertiary/aromatic N) is 3. The molecule has 4 aromatic rings. The number of fused-ring (bicyclic) bond motifs is 1. The summed E-state index contributed by atoms with van der Waals surface area (Å²) in [6.07, 6.45) is 1.51. The summed E-state index contributed by atoms with van der Waals surface area (Å²) in [7, 11) is 0. The Hall–Kier alpha value is -3.20. The van der Waals surface area contributed by atoms with Gasteiger partial charge in [0, 0.05) is 37.8 Å². The highest BCUT2D eigenvalue weighted by Crippen LogP contribution is 2.32. The van der Waals surface area contributed by atoms with Crippen molar-refractivity contribution in [2.75, 3.05) is 44.3 Å². The molecule has 0 N–H and O–H groups in total. The zero-order valence-corrected chi connectivity index (χ0v) is 20.6. The Morgan fingerprint density at radius 2 is 1.72 bits per heavy atom. The van der Waals surface area contributed by atoms with Gasteiger partial charge in [0.1, 0.15) is 11.3 Å². The second-order valence-electron chi connectivity index (χ2n) is 8.85. The maximum Gasteiger partial charge on any atom is 0.260 e. The van der Waals surface area contributed by atoms with E-state index in [0.29, 0.717) is 35.2 Å². The van der Waals surface area contributed by atoms with Gasteiger partial charge in [-0.05, 0) is 42.2 Å². The number of aromatic nitrogens is 1. The number of carbonyl (C=O) groups excluding carboxylic acids is 1. The SMILES string of the molecule is O=C(c1ccc(Cc2ccccc2)cc1)N(CCCN1CCOCC1)c1nc2c(F)cc(F)cc2s1. The molecule has 0 spiro atoms. The Kier molecular flexibility index (Phi) is 7.65. The molecule has 3 aromatic carbocycles. The first-order chi connectivity index (χ1) is 17.6. The van der Waals surface area contributed by atoms with E-state index in [1.54, 1.807) is 4.90 Å². The van der Waals surface area contributed by atoms with Crippen LogP contribution in [0.5, 0.6) is 0 Å². The Morgan fingerprint density at radius 3 is 2.47 bits per heavy atom. The molecule has 0 atom stereocenters. The molecule has 5 nitrogen and oxygen atoms in total. The van der Waals surface area contributed by atoms with E-state index in [0.717, 1.165) is 55.4 Å². The Labute approximate surface area is 212 Å². The van der Waals surface area contributed by atoms with Gasteiger partial charge >= 0.3 is 0 Å². The average molecular weight is 508 g/mol. The minimum atomic E-state index is -0.724. The molecule has 0 saturated carbocycles. The quantitative estimate of drug-likeness (QED) is 0.314. The minimum absolute atomic E-state index is 0.0839. The third-order valence-corrected chi connectivity index (χ3v) is 7.32. The number of benzene rings is 3. The summed E-state index contributed by atoms with van der Waals surface area (Å²) in [6.45, 7) is 4.38. The number of rotatable bonds is 8. The van der Waals surface area contributed by atoms with Crippen molar-refractivity contribution in [2.45, 2.75) is 12.8 Å². The number of anilines is 1. The van der Waals surface area contributed by atoms with Crippen molar-refractivity contribution < 1.29 is 18.3 Å². The van der Waals surface area contributed by atoms with E-state index in [4.69, 9.17) is 4.74 Å². The fourth-order valence-electron chi connectivity index (χ4n) is 4.37. The smallest absolute Gasteiger partial charge is 0.260 e. The van der Waals surface area contributed by atoms with Gasteiger partial charge in [-0.15, -0.1) is 0 Å². The van der Waals surface area contributed by atoms with Crippen LogP contribution in [-0.2, 0) is 11.2 Å². The summed E-state index contributed by atoms with van der Waals surface area (Å²) in [6, 6.07) is 19.8. The number of hydrogen-bond donors (Lipinski definition) is 0. The monoisotopic (exact) mass is 507 g/mol. The molecule has 5 rings (SSSR count). The topological polar surface area (TPSA) is 45.7 Å². The van der Waals surface area contributed by atoms with Crippen LogP contribution in [0.4, 0.5) is 13.9 Å². The van der Waals surface area contributed by atoms with Gasteiger partial charge in [0.25, 0.3) is 5.91 Å². The zero-order chi connectivity index (χ0) is 24.9. The lowest BCUT2D eigenvalue weighted by Crippen LogP contribution is -2.39. The van der Waals surface area contributed by atoms with Crippen molar-refractivity contribution in [1.82, 2.24) is 9.88 Å². The van der Waals surface area contributed by atoms with Crippen molar-refractivity contribution in [3.05, 3.63) is 95.1 Å². The zero-order valence-electron chi connectivity index (χ0n) is 19.8. The predicted molar refractivity (Wildman–Crippen MR) is 139 cm³/mol. The van der Waals surface area contributed by atoms with E-state index in [2.05, 4.69) is 22.0 Å². The summed E-state index contributed by atoms with van der Waals surface area (Å²) < 4.78 is 33.9. The molecule has 1 aromatic heterocycles. The number of thiazole rings is 1. The lowest BCUT2D eigenvalue weighted by Gasteiger charge is -2.27. The maximum absolute atomic E-state index is 14.3. The van der Waals surface area contributed by atoms with Gasteiger partial charge < -0.3 is 4.74 Å². The van der Waals surface area contributed by atoms with Crippen LogP contribution < -0.4 is 4.90 Å². The van der Waals surface area contributed by atoms with Crippen molar-refractivity contribution >= 4 is 32.6 Å². The number of morpholine rings is 1. The molecule has 1 amide bonds. The van der Waals surface area contributed by atoms with Gasteiger partial charge in [0.2, 0.25) is 0 Å². The molecule has 1 aliphatic heterocycles. The number of hydrogen-bond acceptors (Lipinski definition) is 5. The molecule has 1 saturated heterocycles. The molecule has 186 valence electrons. The highest BCUT2D eigenvalue weighted by atomic mass is 32.1. The van der Waals surface area contributed by atoms with Crippen LogP contribution >= 0.6 is 11.3 Å². The van der Waals surface area contributed by atoms with E-state index in [1.165, 1.54) is 11.6 Å². The molecule has 0 unspecified atom stereocenters. The van der Waals surface area contributed by atoms with E-state index < -0.39 is 11.6 Å². The van der Waals surface area contributed by atoms with Gasteiger partial charge in [-0.3, -0.25) is 14.6 Å². The molecule has 0 aliphatic carbocycles. The Bertz CT molecular complexity index is 1320. The van der Waals surface area contributed by atoms with E-state index in [-0.39, 0.29) is 11.4 Å². The molecular weight excluding hydrogens is 480 g/mol. The van der Waals surface area contributed by atoms with Gasteiger partial charge in [0.05, 0.1) is 17.9 Å². The maximum atomic E-state index is 14.3. The lowest BCUT2D eigenvalue weighted by atomic mass is 10.0. The fraction of sp³-hybridized carbons (Fsp3) is 0.286. The number of halogens is 2. The summed E-state index contributed by atoms with van der Waals surface area (Å²) in [5, 5.41) is 0.370. The molecule has 0 bridgehead atoms. The highest BCUT2D eigenvalue weighted by Gasteiger charge is 2.23. The molecule has 2 heterocycles. The lowest BCUT2D eigenvalue weighted by molar-refractivity contribution is 0.0376. The van der Waals surface area contributed by atoms with Crippen molar-refractivity contribution in [3.8, 4) is 0 Å². The van der Waals surface area contributed by atoms with Gasteiger partial charge in [-0.25, -0.2) is 13.8 Å². The van der Waals surface area contributed by atoms with Crippen molar-refractivity contribution in [1.29, 1.82) is 0 Å². The van der Waals surface area contributed by atoms with Gasteiger partial charge in [-0.2, -0.15) is 0 Å². The van der Waals surface area contributed by atoms with Crippen LogP contribution in [0.1, 0.15) is 27.9 Å². The molecule has 0 radical (unpaired) electrons. The van der Waals surface area contributed by atoms with E-state index in [1.807, 2.05) is 42.5 Å². The first-order valence-electron chi connectivity index (χ1n) is 12.1. The van der Waals surface area contributed by atoms with Crippen molar-refractivity contribution in [3.63, 3.8) is 0 Å². The molecule has 36 heavy (non-hydrogen) atoms. The summed E-state index contributed by atoms with van der Waals surface area (Å²) in [4.78, 5) is 21.9. The fourth-order valence-corrected chi connectivity index (χ4v) is 5.40. The van der Waals surface area contributed by atoms with E-state index >= 15 is 0 Å². The van der Waals surface area contributed by atoms with Crippen LogP contribution in [0, 0.1) is 11.6 Å². The Morgan fingerprint density at radius 1 is 1.00 bits per heavy atom. The predicted octanol–water partition coefficient (Wildman–Crippen LogP) is 5.53. The third kappa shape index (κ3) is 5.78. The average Bonchev–Trinajstić information content (AvgIpc) is 3.32. The minimum Gasteiger partial charge on any atom is -0.379 e. The molecule has 1 aliphatic rings. The Balaban J connectivity index is 1.37. The largest absolute Gasteiger partial charge is 0.379 e. The van der Waals surface area contributed by atoms with Crippen LogP contribution in [-0.4, -0.2) is 55.2 Å². The molecular formula is C28H27F2N3O2S. The van der Waals surface area contributed by atoms with Crippen LogP contribution in [0.25, 0.3) is 10.2 Å². The van der Waals surface area contributed by atoms with E-state index in [9.17, 15) is 13.6 Å². The van der Waals surface area contributed by atoms with Crippen molar-refractivity contribution in [2.24, 2.45) is 0 Å². The highest BCUT2D eigenvalue weighted by molar-refractivity contribution is 7.22. The van der Waals surface area contributed by atoms with Gasteiger partial charge in [0.15, 0.2) is 10.9 Å². The number of amides is 1. The summed E-state index contributed by atoms with van der Waals surface area (Å²) in [5.41, 5.74) is 2.92. The summed E-state index contributed by atoms with van der Waals surface area (Å²) >= 11 is 1.13. The van der Waals surface area contributed by atoms with Crippen LogP contribution in [0.15, 0.2) is 66.7 Å². The van der Waals surface area contributed by atoms with Crippen LogP contribution in [0.3, 0.4) is 0 Å². The second kappa shape index (κ2) is 11.2. The number of carbonyl (C=O) groups is 1. The summed E-state index contributed by atoms with van der Waals surface area (Å²) in [5.74, 6) is -1.59. The second-order valence-corrected chi connectivity index (χ2v) is 9.86. The molecule has 8 heteroatoms. The number of ether oxygens (including phenoxy) is 1. The first-order valence-corrected chi connectivity index (χ1v) is 12.9. The molecule has 1 fully saturated rings.